The van der Waals surface area contributed by atoms with Crippen LogP contribution in [0, 0.1) is 5.92 Å². The van der Waals surface area contributed by atoms with E-state index in [4.69, 9.17) is 5.73 Å². The minimum Gasteiger partial charge on any atom is -0.326 e. The molecule has 96 valence electrons. The van der Waals surface area contributed by atoms with Crippen molar-refractivity contribution in [2.75, 3.05) is 13.1 Å². The van der Waals surface area contributed by atoms with Crippen LogP contribution in [-0.2, 0) is 20.0 Å². The lowest BCUT2D eigenvalue weighted by Gasteiger charge is -2.34. The topological polar surface area (TPSA) is 47.1 Å². The van der Waals surface area contributed by atoms with Crippen molar-refractivity contribution in [1.82, 2.24) is 14.7 Å². The van der Waals surface area contributed by atoms with Crippen molar-refractivity contribution in [3.8, 4) is 0 Å². The van der Waals surface area contributed by atoms with Crippen LogP contribution in [0.1, 0.15) is 31.7 Å². The highest BCUT2D eigenvalue weighted by molar-refractivity contribution is 5.10. The van der Waals surface area contributed by atoms with E-state index in [0.717, 1.165) is 26.1 Å². The number of hydrogen-bond acceptors (Lipinski definition) is 3. The summed E-state index contributed by atoms with van der Waals surface area (Å²) in [5.41, 5.74) is 8.60. The smallest absolute Gasteiger partial charge is 0.0625 e. The maximum atomic E-state index is 6.13. The molecule has 4 nitrogen and oxygen atoms in total. The Kier molecular flexibility index (Phi) is 3.84. The molecule has 4 heteroatoms. The summed E-state index contributed by atoms with van der Waals surface area (Å²) in [6.45, 7) is 7.53. The molecule has 0 aromatic carbocycles. The highest BCUT2D eigenvalue weighted by atomic mass is 15.3. The van der Waals surface area contributed by atoms with E-state index >= 15 is 0 Å². The molecule has 2 atom stereocenters. The Morgan fingerprint density at radius 3 is 2.88 bits per heavy atom. The van der Waals surface area contributed by atoms with Crippen LogP contribution in [0.15, 0.2) is 6.07 Å². The molecule has 2 N–H and O–H groups in total. The van der Waals surface area contributed by atoms with Crippen LogP contribution in [-0.4, -0.2) is 33.8 Å². The average Bonchev–Trinajstić information content (AvgIpc) is 2.65. The molecule has 1 aliphatic heterocycles. The monoisotopic (exact) mass is 236 g/mol. The molecule has 0 spiro atoms. The Bertz CT molecular complexity index is 371. The van der Waals surface area contributed by atoms with Gasteiger partial charge in [-0.3, -0.25) is 9.58 Å². The van der Waals surface area contributed by atoms with E-state index < -0.39 is 0 Å². The number of hydrogen-bond donors (Lipinski definition) is 1. The zero-order valence-corrected chi connectivity index (χ0v) is 11.2. The standard InChI is InChI=1S/C13H24N4/c1-4-11-7-12(16(3)15-11)8-17-6-5-10(2)13(14)9-17/h7,10,13H,4-6,8-9,14H2,1-3H3. The molecule has 0 bridgehead atoms. The van der Waals surface area contributed by atoms with Gasteiger partial charge in [-0.25, -0.2) is 0 Å². The van der Waals surface area contributed by atoms with Crippen LogP contribution in [0.25, 0.3) is 0 Å². The zero-order valence-electron chi connectivity index (χ0n) is 11.2. The van der Waals surface area contributed by atoms with Crippen LogP contribution in [0.4, 0.5) is 0 Å². The molecule has 1 saturated heterocycles. The van der Waals surface area contributed by atoms with E-state index in [1.807, 2.05) is 11.7 Å². The number of likely N-dealkylation sites (tertiary alicyclic amines) is 1. The van der Waals surface area contributed by atoms with Crippen molar-refractivity contribution in [3.63, 3.8) is 0 Å². The van der Waals surface area contributed by atoms with Gasteiger partial charge in [-0.15, -0.1) is 0 Å². The van der Waals surface area contributed by atoms with E-state index in [1.54, 1.807) is 0 Å². The average molecular weight is 236 g/mol. The number of rotatable bonds is 3. The van der Waals surface area contributed by atoms with Crippen LogP contribution < -0.4 is 5.73 Å². The zero-order chi connectivity index (χ0) is 12.4. The molecule has 1 aliphatic rings. The normalized spacial score (nSPS) is 26.4. The Balaban J connectivity index is 1.98. The minimum absolute atomic E-state index is 0.322. The second kappa shape index (κ2) is 5.19. The maximum absolute atomic E-state index is 6.13. The number of aryl methyl sites for hydroxylation is 2. The van der Waals surface area contributed by atoms with Gasteiger partial charge in [-0.1, -0.05) is 13.8 Å². The van der Waals surface area contributed by atoms with Crippen LogP contribution >= 0.6 is 0 Å². The predicted molar refractivity (Wildman–Crippen MR) is 69.6 cm³/mol. The molecule has 0 amide bonds. The SMILES string of the molecule is CCc1cc(CN2CCC(C)C(N)C2)n(C)n1. The fourth-order valence-corrected chi connectivity index (χ4v) is 2.43. The summed E-state index contributed by atoms with van der Waals surface area (Å²) in [5.74, 6) is 0.656. The Labute approximate surface area is 104 Å². The number of nitrogens with zero attached hydrogens (tertiary/aromatic N) is 3. The Morgan fingerprint density at radius 1 is 1.53 bits per heavy atom. The Hall–Kier alpha value is -0.870. The van der Waals surface area contributed by atoms with Gasteiger partial charge in [0.15, 0.2) is 0 Å². The Morgan fingerprint density at radius 2 is 2.29 bits per heavy atom. The second-order valence-corrected chi connectivity index (χ2v) is 5.27. The van der Waals surface area contributed by atoms with E-state index in [2.05, 4.69) is 29.9 Å². The van der Waals surface area contributed by atoms with Crippen molar-refractivity contribution in [1.29, 1.82) is 0 Å². The molecule has 1 aromatic rings. The fraction of sp³-hybridized carbons (Fsp3) is 0.769. The summed E-state index contributed by atoms with van der Waals surface area (Å²) >= 11 is 0. The molecule has 17 heavy (non-hydrogen) atoms. The first-order valence-corrected chi connectivity index (χ1v) is 6.60. The first kappa shape index (κ1) is 12.6. The molecule has 0 aliphatic carbocycles. The lowest BCUT2D eigenvalue weighted by Crippen LogP contribution is -2.47. The first-order valence-electron chi connectivity index (χ1n) is 6.60. The van der Waals surface area contributed by atoms with E-state index in [-0.39, 0.29) is 0 Å². The van der Waals surface area contributed by atoms with Crippen molar-refractivity contribution >= 4 is 0 Å². The minimum atomic E-state index is 0.322. The largest absolute Gasteiger partial charge is 0.326 e. The van der Waals surface area contributed by atoms with Gasteiger partial charge in [-0.2, -0.15) is 5.10 Å². The van der Waals surface area contributed by atoms with E-state index in [1.165, 1.54) is 17.8 Å². The highest BCUT2D eigenvalue weighted by Crippen LogP contribution is 2.17. The summed E-state index contributed by atoms with van der Waals surface area (Å²) < 4.78 is 2.00. The molecular weight excluding hydrogens is 212 g/mol. The van der Waals surface area contributed by atoms with Gasteiger partial charge in [0.05, 0.1) is 11.4 Å². The van der Waals surface area contributed by atoms with Gasteiger partial charge in [0, 0.05) is 26.2 Å². The van der Waals surface area contributed by atoms with Gasteiger partial charge in [0.2, 0.25) is 0 Å². The molecule has 2 unspecified atom stereocenters. The van der Waals surface area contributed by atoms with Crippen molar-refractivity contribution in [3.05, 3.63) is 17.5 Å². The summed E-state index contributed by atoms with van der Waals surface area (Å²) in [6, 6.07) is 2.53. The van der Waals surface area contributed by atoms with Crippen LogP contribution in [0.3, 0.4) is 0 Å². The third-order valence-corrected chi connectivity index (χ3v) is 3.88. The summed E-state index contributed by atoms with van der Waals surface area (Å²) in [6.07, 6.45) is 2.21. The molecule has 0 saturated carbocycles. The highest BCUT2D eigenvalue weighted by Gasteiger charge is 2.23. The lowest BCUT2D eigenvalue weighted by atomic mass is 9.94. The summed E-state index contributed by atoms with van der Waals surface area (Å²) in [4.78, 5) is 2.45. The van der Waals surface area contributed by atoms with Crippen molar-refractivity contribution < 1.29 is 0 Å². The number of piperidine rings is 1. The van der Waals surface area contributed by atoms with E-state index in [0.29, 0.717) is 12.0 Å². The predicted octanol–water partition coefficient (Wildman–Crippen LogP) is 1.15. The van der Waals surface area contributed by atoms with Crippen LogP contribution in [0.5, 0.6) is 0 Å². The van der Waals surface area contributed by atoms with E-state index in [9.17, 15) is 0 Å². The van der Waals surface area contributed by atoms with Gasteiger partial charge < -0.3 is 5.73 Å². The van der Waals surface area contributed by atoms with Gasteiger partial charge in [0.1, 0.15) is 0 Å². The molecule has 2 rings (SSSR count). The third kappa shape index (κ3) is 2.87. The van der Waals surface area contributed by atoms with Gasteiger partial charge in [-0.05, 0) is 31.4 Å². The van der Waals surface area contributed by atoms with Crippen molar-refractivity contribution in [2.45, 2.75) is 39.3 Å². The quantitative estimate of drug-likeness (QED) is 0.856. The summed E-state index contributed by atoms with van der Waals surface area (Å²) in [5, 5.41) is 4.49. The second-order valence-electron chi connectivity index (χ2n) is 5.27. The molecule has 1 aromatic heterocycles. The lowest BCUT2D eigenvalue weighted by molar-refractivity contribution is 0.159. The van der Waals surface area contributed by atoms with Crippen LogP contribution in [0.2, 0.25) is 0 Å². The summed E-state index contributed by atoms with van der Waals surface area (Å²) in [7, 11) is 2.03. The number of aromatic nitrogens is 2. The fourth-order valence-electron chi connectivity index (χ4n) is 2.43. The number of nitrogens with two attached hydrogens (primary N) is 1. The third-order valence-electron chi connectivity index (χ3n) is 3.88. The molecular formula is C13H24N4. The van der Waals surface area contributed by atoms with Gasteiger partial charge >= 0.3 is 0 Å². The molecule has 2 heterocycles. The van der Waals surface area contributed by atoms with Gasteiger partial charge in [0.25, 0.3) is 0 Å². The molecule has 0 radical (unpaired) electrons. The first-order chi connectivity index (χ1) is 8.10. The molecule has 1 fully saturated rings. The van der Waals surface area contributed by atoms with Crippen molar-refractivity contribution in [2.24, 2.45) is 18.7 Å². The maximum Gasteiger partial charge on any atom is 0.0625 e.